The number of sulfonamides is 1. The first kappa shape index (κ1) is 24.7. The Labute approximate surface area is 192 Å². The molecule has 0 aliphatic heterocycles. The zero-order chi connectivity index (χ0) is 24.1. The van der Waals surface area contributed by atoms with Gasteiger partial charge in [-0.3, -0.25) is 9.59 Å². The topological polar surface area (TPSA) is 110 Å². The molecule has 1 aliphatic rings. The molecule has 178 valence electrons. The van der Waals surface area contributed by atoms with Crippen LogP contribution in [0.2, 0.25) is 0 Å². The predicted octanol–water partition coefficient (Wildman–Crippen LogP) is 3.96. The molecule has 1 fully saturated rings. The zero-order valence-corrected chi connectivity index (χ0v) is 19.0. The number of ether oxygens (including phenoxy) is 2. The number of aliphatic carboxylic acids is 1. The van der Waals surface area contributed by atoms with Crippen molar-refractivity contribution in [1.29, 1.82) is 0 Å². The summed E-state index contributed by atoms with van der Waals surface area (Å²) >= 11 is 0. The van der Waals surface area contributed by atoms with E-state index in [1.54, 1.807) is 6.92 Å². The maximum absolute atomic E-state index is 13.5. The van der Waals surface area contributed by atoms with Crippen LogP contribution in [-0.2, 0) is 24.3 Å². The van der Waals surface area contributed by atoms with E-state index >= 15 is 0 Å². The minimum absolute atomic E-state index is 0.120. The summed E-state index contributed by atoms with van der Waals surface area (Å²) in [5, 5.41) is 9.97. The molecule has 1 N–H and O–H groups in total. The van der Waals surface area contributed by atoms with Gasteiger partial charge in [0, 0.05) is 6.54 Å². The van der Waals surface area contributed by atoms with E-state index in [2.05, 4.69) is 0 Å². The van der Waals surface area contributed by atoms with Crippen LogP contribution in [0, 0.1) is 5.82 Å². The molecule has 0 atom stereocenters. The zero-order valence-electron chi connectivity index (χ0n) is 18.2. The van der Waals surface area contributed by atoms with Gasteiger partial charge in [-0.25, -0.2) is 12.8 Å². The first-order chi connectivity index (χ1) is 15.7. The highest BCUT2D eigenvalue weighted by Crippen LogP contribution is 2.39. The highest BCUT2D eigenvalue weighted by atomic mass is 32.2. The number of hydrogen-bond donors (Lipinski definition) is 1. The molecule has 33 heavy (non-hydrogen) atoms. The summed E-state index contributed by atoms with van der Waals surface area (Å²) in [6.45, 7) is 1.48. The number of nitrogens with zero attached hydrogens (tertiary/aromatic N) is 1. The van der Waals surface area contributed by atoms with Gasteiger partial charge >= 0.3 is 11.9 Å². The summed E-state index contributed by atoms with van der Waals surface area (Å²) in [7, 11) is -4.25. The quantitative estimate of drug-likeness (QED) is 0.514. The highest BCUT2D eigenvalue weighted by Gasteiger charge is 2.51. The second-order valence-electron chi connectivity index (χ2n) is 7.70. The lowest BCUT2D eigenvalue weighted by atomic mass is 9.97. The van der Waals surface area contributed by atoms with Crippen LogP contribution >= 0.6 is 0 Å². The van der Waals surface area contributed by atoms with E-state index in [-0.39, 0.29) is 37.3 Å². The number of esters is 1. The number of rotatable bonds is 10. The summed E-state index contributed by atoms with van der Waals surface area (Å²) in [6.07, 6.45) is 1.21. The van der Waals surface area contributed by atoms with Crippen molar-refractivity contribution in [3.63, 3.8) is 0 Å². The SMILES string of the molecule is CCOC(=O)CCN(C1(C(=O)O)CCCC1)S(=O)(=O)c1ccc(Oc2ccc(F)cc2)cc1. The molecule has 3 rings (SSSR count). The average molecular weight is 480 g/mol. The minimum atomic E-state index is -4.25. The maximum atomic E-state index is 13.5. The van der Waals surface area contributed by atoms with Gasteiger partial charge in [-0.1, -0.05) is 12.8 Å². The van der Waals surface area contributed by atoms with Crippen molar-refractivity contribution in [2.24, 2.45) is 0 Å². The molecule has 1 aliphatic carbocycles. The van der Waals surface area contributed by atoms with Gasteiger partial charge in [0.05, 0.1) is 17.9 Å². The molecule has 0 unspecified atom stereocenters. The normalized spacial score (nSPS) is 15.4. The van der Waals surface area contributed by atoms with Crippen molar-refractivity contribution in [3.8, 4) is 11.5 Å². The van der Waals surface area contributed by atoms with Crippen molar-refractivity contribution < 1.29 is 37.0 Å². The van der Waals surface area contributed by atoms with Crippen LogP contribution in [-0.4, -0.2) is 48.5 Å². The number of halogens is 1. The summed E-state index contributed by atoms with van der Waals surface area (Å²) in [5.74, 6) is -1.54. The van der Waals surface area contributed by atoms with Gasteiger partial charge in [0.1, 0.15) is 22.9 Å². The molecule has 0 saturated heterocycles. The molecule has 0 heterocycles. The molecule has 0 bridgehead atoms. The Morgan fingerprint density at radius 3 is 2.09 bits per heavy atom. The lowest BCUT2D eigenvalue weighted by Crippen LogP contribution is -2.55. The van der Waals surface area contributed by atoms with Crippen molar-refractivity contribution in [2.45, 2.75) is 49.5 Å². The number of benzene rings is 2. The Hall–Kier alpha value is -2.98. The largest absolute Gasteiger partial charge is 0.480 e. The van der Waals surface area contributed by atoms with Gasteiger partial charge in [-0.2, -0.15) is 4.31 Å². The summed E-state index contributed by atoms with van der Waals surface area (Å²) in [4.78, 5) is 24.0. The third-order valence-electron chi connectivity index (χ3n) is 5.59. The molecular weight excluding hydrogens is 453 g/mol. The molecular formula is C23H26FNO7S. The monoisotopic (exact) mass is 479 g/mol. The lowest BCUT2D eigenvalue weighted by Gasteiger charge is -2.36. The molecule has 0 radical (unpaired) electrons. The second-order valence-corrected chi connectivity index (χ2v) is 9.57. The standard InChI is InChI=1S/C23H26FNO7S/c1-2-31-21(26)13-16-25(23(22(27)28)14-3-4-15-23)33(29,30)20-11-9-19(10-12-20)32-18-7-5-17(24)6-8-18/h5-12H,2-4,13-16H2,1H3,(H,27,28). The van der Waals surface area contributed by atoms with Gasteiger partial charge in [-0.05, 0) is 68.3 Å². The fourth-order valence-corrected chi connectivity index (χ4v) is 5.75. The number of carbonyl (C=O) groups excluding carboxylic acids is 1. The van der Waals surface area contributed by atoms with Crippen LogP contribution in [0.25, 0.3) is 0 Å². The van der Waals surface area contributed by atoms with E-state index in [1.807, 2.05) is 0 Å². The Morgan fingerprint density at radius 2 is 1.58 bits per heavy atom. The summed E-state index contributed by atoms with van der Waals surface area (Å²) < 4.78 is 51.6. The Kier molecular flexibility index (Phi) is 7.70. The van der Waals surface area contributed by atoms with Crippen molar-refractivity contribution >= 4 is 22.0 Å². The number of hydrogen-bond acceptors (Lipinski definition) is 6. The second kappa shape index (κ2) is 10.3. The number of carboxylic acid groups (broad SMARTS) is 1. The van der Waals surface area contributed by atoms with Crippen LogP contribution < -0.4 is 4.74 Å². The predicted molar refractivity (Wildman–Crippen MR) is 117 cm³/mol. The molecule has 0 amide bonds. The van der Waals surface area contributed by atoms with E-state index in [1.165, 1.54) is 48.5 Å². The number of carbonyl (C=O) groups is 2. The van der Waals surface area contributed by atoms with Gasteiger partial charge in [0.15, 0.2) is 0 Å². The Balaban J connectivity index is 1.89. The fourth-order valence-electron chi connectivity index (χ4n) is 3.97. The highest BCUT2D eigenvalue weighted by molar-refractivity contribution is 7.89. The Bertz CT molecular complexity index is 1080. The van der Waals surface area contributed by atoms with Crippen LogP contribution in [0.1, 0.15) is 39.0 Å². The van der Waals surface area contributed by atoms with E-state index in [4.69, 9.17) is 9.47 Å². The van der Waals surface area contributed by atoms with E-state index in [9.17, 15) is 27.5 Å². The smallest absolute Gasteiger partial charge is 0.325 e. The molecule has 2 aromatic rings. The lowest BCUT2D eigenvalue weighted by molar-refractivity contribution is -0.150. The Morgan fingerprint density at radius 1 is 1.03 bits per heavy atom. The first-order valence-corrected chi connectivity index (χ1v) is 12.1. The first-order valence-electron chi connectivity index (χ1n) is 10.6. The molecule has 2 aromatic carbocycles. The van der Waals surface area contributed by atoms with Crippen LogP contribution in [0.15, 0.2) is 53.4 Å². The molecule has 0 spiro atoms. The third kappa shape index (κ3) is 5.51. The average Bonchev–Trinajstić information content (AvgIpc) is 3.27. The molecule has 10 heteroatoms. The van der Waals surface area contributed by atoms with E-state index in [0.29, 0.717) is 24.3 Å². The maximum Gasteiger partial charge on any atom is 0.325 e. The van der Waals surface area contributed by atoms with Crippen LogP contribution in [0.3, 0.4) is 0 Å². The molecule has 8 nitrogen and oxygen atoms in total. The van der Waals surface area contributed by atoms with Crippen LogP contribution in [0.5, 0.6) is 11.5 Å². The van der Waals surface area contributed by atoms with Crippen LogP contribution in [0.4, 0.5) is 4.39 Å². The van der Waals surface area contributed by atoms with E-state index in [0.717, 1.165) is 4.31 Å². The van der Waals surface area contributed by atoms with E-state index < -0.39 is 33.3 Å². The summed E-state index contributed by atoms with van der Waals surface area (Å²) in [5.41, 5.74) is -1.62. The fraction of sp³-hybridized carbons (Fsp3) is 0.391. The molecule has 1 saturated carbocycles. The third-order valence-corrected chi connectivity index (χ3v) is 7.57. The van der Waals surface area contributed by atoms with Crippen molar-refractivity contribution in [2.75, 3.05) is 13.2 Å². The minimum Gasteiger partial charge on any atom is -0.480 e. The molecule has 0 aromatic heterocycles. The van der Waals surface area contributed by atoms with Gasteiger partial charge in [-0.15, -0.1) is 0 Å². The van der Waals surface area contributed by atoms with Gasteiger partial charge < -0.3 is 14.6 Å². The van der Waals surface area contributed by atoms with Crippen molar-refractivity contribution in [3.05, 3.63) is 54.3 Å². The number of carboxylic acids is 1. The van der Waals surface area contributed by atoms with Crippen molar-refractivity contribution in [1.82, 2.24) is 4.31 Å². The summed E-state index contributed by atoms with van der Waals surface area (Å²) in [6, 6.07) is 10.8. The van der Waals surface area contributed by atoms with Gasteiger partial charge in [0.2, 0.25) is 10.0 Å². The van der Waals surface area contributed by atoms with Gasteiger partial charge in [0.25, 0.3) is 0 Å².